The van der Waals surface area contributed by atoms with E-state index in [9.17, 15) is 4.79 Å². The van der Waals surface area contributed by atoms with Crippen molar-refractivity contribution in [3.63, 3.8) is 0 Å². The van der Waals surface area contributed by atoms with Gasteiger partial charge in [0, 0.05) is 29.4 Å². The summed E-state index contributed by atoms with van der Waals surface area (Å²) in [4.78, 5) is 13.5. The first-order valence-electron chi connectivity index (χ1n) is 16.3. The summed E-state index contributed by atoms with van der Waals surface area (Å²) in [6, 6.07) is 45.3. The Kier molecular flexibility index (Phi) is 7.72. The number of hydrogen-bond donors (Lipinski definition) is 0. The number of rotatable bonds is 9. The molecule has 2 unspecified atom stereocenters. The van der Waals surface area contributed by atoms with Crippen LogP contribution in [0, 0.1) is 0 Å². The molecule has 47 heavy (non-hydrogen) atoms. The van der Waals surface area contributed by atoms with Gasteiger partial charge in [-0.3, -0.25) is 4.79 Å². The number of oxazole rings is 1. The lowest BCUT2D eigenvalue weighted by Crippen LogP contribution is -2.36. The van der Waals surface area contributed by atoms with Gasteiger partial charge in [-0.25, -0.2) is 0 Å². The number of ether oxygens (including phenoxy) is 1. The zero-order valence-corrected chi connectivity index (χ0v) is 26.0. The van der Waals surface area contributed by atoms with E-state index in [-0.39, 0.29) is 6.73 Å². The predicted molar refractivity (Wildman–Crippen MR) is 188 cm³/mol. The van der Waals surface area contributed by atoms with E-state index in [0.717, 1.165) is 16.7 Å². The van der Waals surface area contributed by atoms with Gasteiger partial charge in [0.05, 0.1) is 6.08 Å². The zero-order valence-electron chi connectivity index (χ0n) is 26.0. The second kappa shape index (κ2) is 12.6. The third kappa shape index (κ3) is 5.55. The maximum Gasteiger partial charge on any atom is 0.377 e. The third-order valence-electron chi connectivity index (χ3n) is 9.50. The molecule has 5 heteroatoms. The average molecular weight is 616 g/mol. The largest absolute Gasteiger partial charge is 0.407 e. The molecule has 6 aromatic rings. The Hall–Kier alpha value is -5.68. The summed E-state index contributed by atoms with van der Waals surface area (Å²) < 4.78 is 13.1. The van der Waals surface area contributed by atoms with E-state index in [4.69, 9.17) is 9.15 Å². The monoisotopic (exact) mass is 615 g/mol. The normalized spacial score (nSPS) is 16.7. The Bertz CT molecular complexity index is 2050. The van der Waals surface area contributed by atoms with Crippen LogP contribution in [-0.2, 0) is 16.3 Å². The van der Waals surface area contributed by atoms with Crippen molar-refractivity contribution in [2.24, 2.45) is 0 Å². The van der Waals surface area contributed by atoms with Crippen molar-refractivity contribution in [2.45, 2.75) is 38.0 Å². The van der Waals surface area contributed by atoms with E-state index in [2.05, 4.69) is 120 Å². The predicted octanol–water partition coefficient (Wildman–Crippen LogP) is 9.40. The van der Waals surface area contributed by atoms with Gasteiger partial charge >= 0.3 is 5.89 Å². The van der Waals surface area contributed by atoms with Crippen LogP contribution in [-0.4, -0.2) is 12.5 Å². The van der Waals surface area contributed by atoms with Gasteiger partial charge in [0.25, 0.3) is 18.7 Å². The Morgan fingerprint density at radius 3 is 2.23 bits per heavy atom. The maximum absolute atomic E-state index is 10.9. The summed E-state index contributed by atoms with van der Waals surface area (Å²) >= 11 is 0. The van der Waals surface area contributed by atoms with Gasteiger partial charge in [-0.15, -0.1) is 4.57 Å². The highest BCUT2D eigenvalue weighted by molar-refractivity contribution is 5.91. The highest BCUT2D eigenvalue weighted by Gasteiger charge is 2.42. The van der Waals surface area contributed by atoms with Crippen molar-refractivity contribution in [2.75, 3.05) is 4.90 Å². The smallest absolute Gasteiger partial charge is 0.377 e. The van der Waals surface area contributed by atoms with Crippen LogP contribution < -0.4 is 9.47 Å². The molecular weight excluding hydrogens is 580 g/mol. The summed E-state index contributed by atoms with van der Waals surface area (Å²) in [7, 11) is 0. The Morgan fingerprint density at radius 2 is 1.49 bits per heavy atom. The fraction of sp³-hybridized carbons (Fsp3) is 0.143. The van der Waals surface area contributed by atoms with Gasteiger partial charge in [0.1, 0.15) is 0 Å². The van der Waals surface area contributed by atoms with E-state index in [0.29, 0.717) is 24.3 Å². The van der Waals surface area contributed by atoms with Crippen LogP contribution >= 0.6 is 0 Å². The topological polar surface area (TPSA) is 46.6 Å². The lowest BCUT2D eigenvalue weighted by molar-refractivity contribution is -0.709. The highest BCUT2D eigenvalue weighted by Crippen LogP contribution is 2.52. The van der Waals surface area contributed by atoms with Crippen molar-refractivity contribution in [1.82, 2.24) is 0 Å². The third-order valence-corrected chi connectivity index (χ3v) is 9.50. The molecule has 1 aliphatic carbocycles. The van der Waals surface area contributed by atoms with Crippen LogP contribution in [0.3, 0.4) is 0 Å². The molecular formula is C42H35N2O3+. The molecule has 1 aliphatic heterocycles. The Labute approximate surface area is 274 Å². The molecule has 8 rings (SSSR count). The number of para-hydroxylation sites is 2. The molecule has 0 saturated heterocycles. The van der Waals surface area contributed by atoms with Crippen molar-refractivity contribution >= 4 is 52.7 Å². The number of carbonyl (C=O) groups is 1. The molecule has 5 aromatic carbocycles. The molecule has 230 valence electrons. The number of nitrogens with zero attached hydrogens (tertiary/aromatic N) is 2. The summed E-state index contributed by atoms with van der Waals surface area (Å²) in [5.41, 5.74) is 11.5. The zero-order chi connectivity index (χ0) is 31.6. The molecule has 2 aliphatic rings. The second-order valence-corrected chi connectivity index (χ2v) is 12.2. The van der Waals surface area contributed by atoms with Crippen LogP contribution in [0.15, 0.2) is 132 Å². The van der Waals surface area contributed by atoms with E-state index in [1.807, 2.05) is 34.9 Å². The molecule has 0 spiro atoms. The SMILES string of the molecule is O=COC[n+]1c(C=Cc2ccc3c(c2)C2CCCC2N3c2ccc(C=C(c3ccccc3)c3ccccc3)cc2)oc2ccccc21. The molecule has 0 N–H and O–H groups in total. The van der Waals surface area contributed by atoms with Gasteiger partial charge in [-0.1, -0.05) is 97.4 Å². The number of fused-ring (bicyclic) bond motifs is 4. The lowest BCUT2D eigenvalue weighted by atomic mass is 9.95. The summed E-state index contributed by atoms with van der Waals surface area (Å²) in [6.45, 7) is 0.557. The van der Waals surface area contributed by atoms with E-state index < -0.39 is 0 Å². The lowest BCUT2D eigenvalue weighted by Gasteiger charge is -2.27. The van der Waals surface area contributed by atoms with E-state index >= 15 is 0 Å². The molecule has 0 radical (unpaired) electrons. The fourth-order valence-electron chi connectivity index (χ4n) is 7.36. The van der Waals surface area contributed by atoms with Gasteiger partial charge in [-0.05, 0) is 88.7 Å². The molecule has 0 amide bonds. The van der Waals surface area contributed by atoms with E-state index in [1.165, 1.54) is 58.5 Å². The summed E-state index contributed by atoms with van der Waals surface area (Å²) in [5.74, 6) is 1.14. The minimum atomic E-state index is 0.0947. The molecule has 0 bridgehead atoms. The quantitative estimate of drug-likeness (QED) is 0.0924. The summed E-state index contributed by atoms with van der Waals surface area (Å²) in [5, 5.41) is 0. The molecule has 2 heterocycles. The molecule has 1 aromatic heterocycles. The van der Waals surface area contributed by atoms with Crippen LogP contribution in [0.1, 0.15) is 58.9 Å². The first kappa shape index (κ1) is 28.8. The van der Waals surface area contributed by atoms with E-state index in [1.54, 1.807) is 0 Å². The second-order valence-electron chi connectivity index (χ2n) is 12.2. The molecule has 5 nitrogen and oxygen atoms in total. The Balaban J connectivity index is 1.09. The molecule has 1 fully saturated rings. The fourth-order valence-corrected chi connectivity index (χ4v) is 7.36. The van der Waals surface area contributed by atoms with Gasteiger partial charge in [0.2, 0.25) is 5.58 Å². The van der Waals surface area contributed by atoms with Crippen LogP contribution in [0.4, 0.5) is 11.4 Å². The van der Waals surface area contributed by atoms with Gasteiger partial charge < -0.3 is 14.1 Å². The minimum Gasteiger partial charge on any atom is -0.407 e. The first-order valence-corrected chi connectivity index (χ1v) is 16.3. The highest BCUT2D eigenvalue weighted by atomic mass is 16.5. The average Bonchev–Trinajstić information content (AvgIpc) is 3.83. The van der Waals surface area contributed by atoms with Crippen LogP contribution in [0.5, 0.6) is 0 Å². The molecule has 1 saturated carbocycles. The standard InChI is InChI=1S/C42H35N2O3/c45-29-46-28-43-40-15-7-8-17-41(40)47-42(43)25-21-31-20-24-39-37(27-31)35-14-9-16-38(35)44(39)34-22-18-30(19-23-34)26-36(32-10-3-1-4-11-32)33-12-5-2-6-13-33/h1-8,10-13,15,17-27,29,35,38H,9,14,16,28H2/q+1. The van der Waals surface area contributed by atoms with Crippen LogP contribution in [0.25, 0.3) is 34.9 Å². The number of carbonyl (C=O) groups excluding carboxylic acids is 1. The first-order chi connectivity index (χ1) is 23.3. The van der Waals surface area contributed by atoms with Gasteiger partial charge in [-0.2, -0.15) is 0 Å². The van der Waals surface area contributed by atoms with Crippen molar-refractivity contribution in [3.05, 3.63) is 161 Å². The summed E-state index contributed by atoms with van der Waals surface area (Å²) in [6.07, 6.45) is 9.96. The molecule has 2 atom stereocenters. The Morgan fingerprint density at radius 1 is 0.787 bits per heavy atom. The number of hydrogen-bond acceptors (Lipinski definition) is 4. The van der Waals surface area contributed by atoms with Crippen molar-refractivity contribution in [1.29, 1.82) is 0 Å². The number of aromatic nitrogens is 1. The minimum absolute atomic E-state index is 0.0947. The van der Waals surface area contributed by atoms with Crippen molar-refractivity contribution < 1.29 is 18.5 Å². The maximum atomic E-state index is 10.9. The number of benzene rings is 5. The van der Waals surface area contributed by atoms with Crippen molar-refractivity contribution in [3.8, 4) is 0 Å². The van der Waals surface area contributed by atoms with Crippen LogP contribution in [0.2, 0.25) is 0 Å². The number of anilines is 2. The van der Waals surface area contributed by atoms with Gasteiger partial charge in [0.15, 0.2) is 0 Å².